The van der Waals surface area contributed by atoms with Crippen LogP contribution >= 0.6 is 11.3 Å². The first-order valence-corrected chi connectivity index (χ1v) is 14.4. The van der Waals surface area contributed by atoms with Crippen molar-refractivity contribution in [1.82, 2.24) is 4.57 Å². The zero-order valence-corrected chi connectivity index (χ0v) is 24.3. The van der Waals surface area contributed by atoms with E-state index in [0.29, 0.717) is 37.8 Å². The molecule has 1 atom stereocenters. The third kappa shape index (κ3) is 5.54. The van der Waals surface area contributed by atoms with Crippen molar-refractivity contribution in [1.29, 1.82) is 0 Å². The molecule has 0 aliphatic carbocycles. The average molecular weight is 577 g/mol. The lowest BCUT2D eigenvalue weighted by Crippen LogP contribution is -2.40. The van der Waals surface area contributed by atoms with Gasteiger partial charge in [-0.15, -0.1) is 0 Å². The van der Waals surface area contributed by atoms with Crippen molar-refractivity contribution >= 4 is 34.8 Å². The number of anilines is 1. The van der Waals surface area contributed by atoms with Crippen molar-refractivity contribution in [2.24, 2.45) is 10.9 Å². The molecule has 0 bridgehead atoms. The van der Waals surface area contributed by atoms with Crippen LogP contribution in [0.4, 0.5) is 11.4 Å². The molecule has 0 spiro atoms. The highest BCUT2D eigenvalue weighted by atomic mass is 32.1. The number of hydrogen-bond acceptors (Lipinski definition) is 9. The average Bonchev–Trinajstić information content (AvgIpc) is 3.26. The summed E-state index contributed by atoms with van der Waals surface area (Å²) in [6.07, 6.45) is 3.76. The van der Waals surface area contributed by atoms with Gasteiger partial charge in [0.2, 0.25) is 0 Å². The molecule has 2 aliphatic heterocycles. The van der Waals surface area contributed by atoms with Crippen molar-refractivity contribution in [3.63, 3.8) is 0 Å². The summed E-state index contributed by atoms with van der Waals surface area (Å²) >= 11 is 1.19. The number of carbonyl (C=O) groups excluding carboxylic acids is 1. The Hall–Kier alpha value is -4.25. The summed E-state index contributed by atoms with van der Waals surface area (Å²) in [7, 11) is 1.57. The van der Waals surface area contributed by atoms with E-state index in [0.717, 1.165) is 31.6 Å². The molecule has 1 fully saturated rings. The molecule has 10 nitrogen and oxygen atoms in total. The van der Waals surface area contributed by atoms with Crippen LogP contribution in [-0.2, 0) is 9.53 Å². The number of nitro groups is 1. The number of nitrogens with zero attached hydrogens (tertiary/aromatic N) is 4. The number of esters is 1. The van der Waals surface area contributed by atoms with Gasteiger partial charge in [-0.1, -0.05) is 30.4 Å². The Bertz CT molecular complexity index is 1700. The highest BCUT2D eigenvalue weighted by molar-refractivity contribution is 7.07. The van der Waals surface area contributed by atoms with Gasteiger partial charge in [0.25, 0.3) is 11.2 Å². The molecule has 0 unspecified atom stereocenters. The van der Waals surface area contributed by atoms with Crippen LogP contribution in [0, 0.1) is 16.0 Å². The summed E-state index contributed by atoms with van der Waals surface area (Å²) in [6, 6.07) is 11.2. The van der Waals surface area contributed by atoms with E-state index in [1.54, 1.807) is 45.2 Å². The number of hydrogen-bond donors (Lipinski definition) is 0. The number of methoxy groups -OCH3 is 1. The zero-order valence-electron chi connectivity index (χ0n) is 23.5. The van der Waals surface area contributed by atoms with Crippen LogP contribution in [0.2, 0.25) is 0 Å². The molecule has 0 saturated carbocycles. The van der Waals surface area contributed by atoms with Gasteiger partial charge < -0.3 is 14.4 Å². The number of aromatic nitrogens is 1. The Balaban J connectivity index is 1.69. The Kier molecular flexibility index (Phi) is 8.07. The monoisotopic (exact) mass is 576 g/mol. The second-order valence-electron chi connectivity index (χ2n) is 10.2. The van der Waals surface area contributed by atoms with Gasteiger partial charge in [0.1, 0.15) is 5.75 Å². The first-order valence-electron chi connectivity index (χ1n) is 13.6. The molecule has 3 aromatic rings. The summed E-state index contributed by atoms with van der Waals surface area (Å²) < 4.78 is 12.5. The molecule has 2 aromatic carbocycles. The summed E-state index contributed by atoms with van der Waals surface area (Å²) in [5.74, 6) is 0.722. The molecule has 11 heteroatoms. The van der Waals surface area contributed by atoms with E-state index < -0.39 is 16.9 Å². The maximum absolute atomic E-state index is 14.0. The van der Waals surface area contributed by atoms with Gasteiger partial charge in [0, 0.05) is 36.5 Å². The second-order valence-corrected chi connectivity index (χ2v) is 11.3. The van der Waals surface area contributed by atoms with Crippen LogP contribution in [0.3, 0.4) is 0 Å². The first kappa shape index (κ1) is 28.3. The van der Waals surface area contributed by atoms with Gasteiger partial charge in [-0.05, 0) is 62.4 Å². The fourth-order valence-electron chi connectivity index (χ4n) is 5.34. The van der Waals surface area contributed by atoms with Crippen molar-refractivity contribution in [3.8, 4) is 5.75 Å². The number of rotatable bonds is 7. The topological polar surface area (TPSA) is 116 Å². The number of thiazole rings is 1. The maximum Gasteiger partial charge on any atom is 0.338 e. The van der Waals surface area contributed by atoms with Crippen LogP contribution in [0.5, 0.6) is 5.75 Å². The van der Waals surface area contributed by atoms with Crippen LogP contribution in [0.15, 0.2) is 63.5 Å². The molecule has 5 rings (SSSR count). The fraction of sp³-hybridized carbons (Fsp3) is 0.367. The van der Waals surface area contributed by atoms with Crippen LogP contribution in [0.25, 0.3) is 6.08 Å². The van der Waals surface area contributed by atoms with E-state index in [-0.39, 0.29) is 23.4 Å². The summed E-state index contributed by atoms with van der Waals surface area (Å²) in [5, 5.41) is 11.6. The number of benzene rings is 2. The van der Waals surface area contributed by atoms with E-state index in [9.17, 15) is 19.7 Å². The summed E-state index contributed by atoms with van der Waals surface area (Å²) in [5.41, 5.74) is 2.52. The van der Waals surface area contributed by atoms with Gasteiger partial charge in [0.05, 0.1) is 40.5 Å². The highest BCUT2D eigenvalue weighted by Gasteiger charge is 2.33. The molecule has 214 valence electrons. The highest BCUT2D eigenvalue weighted by Crippen LogP contribution is 2.32. The lowest BCUT2D eigenvalue weighted by Gasteiger charge is -2.33. The number of nitro benzene ring substituents is 1. The Morgan fingerprint density at radius 1 is 1.20 bits per heavy atom. The molecular weight excluding hydrogens is 544 g/mol. The first-order chi connectivity index (χ1) is 19.7. The molecule has 1 aromatic heterocycles. The van der Waals surface area contributed by atoms with Gasteiger partial charge >= 0.3 is 5.97 Å². The molecule has 0 radical (unpaired) electrons. The van der Waals surface area contributed by atoms with Crippen LogP contribution in [-0.4, -0.2) is 42.3 Å². The number of ether oxygens (including phenoxy) is 2. The van der Waals surface area contributed by atoms with Crippen molar-refractivity contribution in [3.05, 3.63) is 94.7 Å². The number of non-ortho nitro benzene ring substituents is 1. The second kappa shape index (κ2) is 11.7. The maximum atomic E-state index is 14.0. The third-order valence-corrected chi connectivity index (χ3v) is 8.56. The molecule has 1 saturated heterocycles. The van der Waals surface area contributed by atoms with Crippen LogP contribution < -0.4 is 24.5 Å². The van der Waals surface area contributed by atoms with E-state index >= 15 is 0 Å². The SMILES string of the molecule is CCOC(=O)C1=C(C)N=c2s/c(=C/c3cc([N+](=O)[O-])ccc3N3CCC(C)CC3)c(=O)n2[C@H]1c1ccc(OC)cc1. The Morgan fingerprint density at radius 2 is 1.90 bits per heavy atom. The van der Waals surface area contributed by atoms with Gasteiger partial charge in [-0.3, -0.25) is 19.5 Å². The minimum atomic E-state index is -0.758. The number of allylic oxidation sites excluding steroid dienone is 1. The lowest BCUT2D eigenvalue weighted by molar-refractivity contribution is -0.384. The number of carbonyl (C=O) groups is 1. The van der Waals surface area contributed by atoms with E-state index in [1.807, 2.05) is 12.1 Å². The van der Waals surface area contributed by atoms with Gasteiger partial charge in [-0.2, -0.15) is 0 Å². The van der Waals surface area contributed by atoms with Gasteiger partial charge in [0.15, 0.2) is 4.80 Å². The number of piperidine rings is 1. The predicted molar refractivity (Wildman–Crippen MR) is 157 cm³/mol. The van der Waals surface area contributed by atoms with Crippen molar-refractivity contribution in [2.75, 3.05) is 31.7 Å². The molecule has 3 heterocycles. The standard InChI is InChI=1S/C30H32N4O6S/c1-5-40-29(36)26-19(3)31-30-33(27(26)20-6-9-23(39-4)10-7-20)28(35)25(41-30)17-21-16-22(34(37)38)8-11-24(21)32-14-12-18(2)13-15-32/h6-11,16-18,27H,5,12-15H2,1-4H3/b25-17+/t27-/m0/s1. The predicted octanol–water partition coefficient (Wildman–Crippen LogP) is 3.95. The fourth-order valence-corrected chi connectivity index (χ4v) is 6.38. The van der Waals surface area contributed by atoms with Crippen molar-refractivity contribution < 1.29 is 19.2 Å². The molecule has 41 heavy (non-hydrogen) atoms. The van der Waals surface area contributed by atoms with E-state index in [4.69, 9.17) is 9.47 Å². The third-order valence-electron chi connectivity index (χ3n) is 7.58. The van der Waals surface area contributed by atoms with Crippen molar-refractivity contribution in [2.45, 2.75) is 39.7 Å². The normalized spacial score (nSPS) is 17.7. The minimum absolute atomic E-state index is 0.0466. The summed E-state index contributed by atoms with van der Waals surface area (Å²) in [4.78, 5) is 45.7. The molecule has 2 aliphatic rings. The quantitative estimate of drug-likeness (QED) is 0.238. The summed E-state index contributed by atoms with van der Waals surface area (Å²) in [6.45, 7) is 7.53. The molecule has 0 N–H and O–H groups in total. The van der Waals surface area contributed by atoms with Crippen LogP contribution in [0.1, 0.15) is 50.8 Å². The van der Waals surface area contributed by atoms with E-state index in [1.165, 1.54) is 28.0 Å². The lowest BCUT2D eigenvalue weighted by atomic mass is 9.96. The zero-order chi connectivity index (χ0) is 29.3. The Labute approximate surface area is 241 Å². The smallest absolute Gasteiger partial charge is 0.338 e. The van der Waals surface area contributed by atoms with Gasteiger partial charge in [-0.25, -0.2) is 9.79 Å². The Morgan fingerprint density at radius 3 is 2.54 bits per heavy atom. The van der Waals surface area contributed by atoms with E-state index in [2.05, 4.69) is 16.8 Å². The molecular formula is C30H32N4O6S. The molecule has 0 amide bonds. The minimum Gasteiger partial charge on any atom is -0.497 e. The largest absolute Gasteiger partial charge is 0.497 e. The number of fused-ring (bicyclic) bond motifs is 1.